The Morgan fingerprint density at radius 1 is 1.41 bits per heavy atom. The van der Waals surface area contributed by atoms with Gasteiger partial charge in [0.25, 0.3) is 0 Å². The normalized spacial score (nSPS) is 18.5. The lowest BCUT2D eigenvalue weighted by Gasteiger charge is -2.25. The zero-order valence-electron chi connectivity index (χ0n) is 11.1. The van der Waals surface area contributed by atoms with Crippen LogP contribution in [0.3, 0.4) is 0 Å². The van der Waals surface area contributed by atoms with E-state index < -0.39 is 0 Å². The molecule has 17 heavy (non-hydrogen) atoms. The summed E-state index contributed by atoms with van der Waals surface area (Å²) in [6, 6.07) is 4.96. The van der Waals surface area contributed by atoms with Gasteiger partial charge in [0.05, 0.1) is 0 Å². The molecule has 1 aromatic heterocycles. The van der Waals surface area contributed by atoms with Crippen LogP contribution < -0.4 is 5.32 Å². The van der Waals surface area contributed by atoms with Crippen LogP contribution in [0.15, 0.2) is 18.3 Å². The first-order chi connectivity index (χ1) is 8.31. The molecule has 1 aliphatic carbocycles. The van der Waals surface area contributed by atoms with Gasteiger partial charge in [-0.15, -0.1) is 0 Å². The van der Waals surface area contributed by atoms with Crippen molar-refractivity contribution in [2.24, 2.45) is 5.92 Å². The lowest BCUT2D eigenvalue weighted by molar-refractivity contribution is 0.368. The third-order valence-corrected chi connectivity index (χ3v) is 3.77. The molecule has 0 bridgehead atoms. The van der Waals surface area contributed by atoms with Crippen LogP contribution in [0, 0.1) is 12.8 Å². The van der Waals surface area contributed by atoms with Crippen LogP contribution in [0.25, 0.3) is 0 Å². The van der Waals surface area contributed by atoms with E-state index in [1.54, 1.807) is 0 Å². The van der Waals surface area contributed by atoms with Crippen molar-refractivity contribution in [2.45, 2.75) is 52.0 Å². The van der Waals surface area contributed by atoms with Crippen LogP contribution in [0.4, 0.5) is 0 Å². The highest BCUT2D eigenvalue weighted by molar-refractivity contribution is 5.20. The minimum atomic E-state index is 0.541. The molecule has 2 nitrogen and oxygen atoms in total. The van der Waals surface area contributed by atoms with Crippen LogP contribution in [0.2, 0.25) is 0 Å². The molecular formula is C15H24N2. The van der Waals surface area contributed by atoms with E-state index in [2.05, 4.69) is 36.3 Å². The summed E-state index contributed by atoms with van der Waals surface area (Å²) in [4.78, 5) is 4.30. The fourth-order valence-corrected chi connectivity index (χ4v) is 2.91. The van der Waals surface area contributed by atoms with Crippen LogP contribution in [-0.4, -0.2) is 11.5 Å². The van der Waals surface area contributed by atoms with Crippen molar-refractivity contribution in [3.63, 3.8) is 0 Å². The van der Waals surface area contributed by atoms with E-state index in [0.29, 0.717) is 6.04 Å². The van der Waals surface area contributed by atoms with Gasteiger partial charge in [0, 0.05) is 17.9 Å². The molecule has 1 saturated carbocycles. The molecule has 1 heterocycles. The fraction of sp³-hybridized carbons (Fsp3) is 0.667. The Hall–Kier alpha value is -0.890. The Bertz CT molecular complexity index is 343. The quantitative estimate of drug-likeness (QED) is 0.838. The summed E-state index contributed by atoms with van der Waals surface area (Å²) >= 11 is 0. The summed E-state index contributed by atoms with van der Waals surface area (Å²) in [7, 11) is 0. The molecule has 0 aliphatic heterocycles. The maximum Gasteiger partial charge on any atom is 0.0375 e. The molecule has 2 heteroatoms. The topological polar surface area (TPSA) is 24.9 Å². The average molecular weight is 232 g/mol. The molecule has 0 amide bonds. The standard InChI is InChI=1S/C15H24N2/c1-3-9-17-15(13-6-4-5-7-13)14-8-10-16-12(2)11-14/h8,10-11,13,15,17H,3-7,9H2,1-2H3. The van der Waals surface area contributed by atoms with E-state index >= 15 is 0 Å². The molecule has 1 atom stereocenters. The lowest BCUT2D eigenvalue weighted by atomic mass is 9.91. The molecular weight excluding hydrogens is 208 g/mol. The van der Waals surface area contributed by atoms with Crippen LogP contribution in [0.1, 0.15) is 56.3 Å². The van der Waals surface area contributed by atoms with Gasteiger partial charge < -0.3 is 5.32 Å². The van der Waals surface area contributed by atoms with Gasteiger partial charge in [0.2, 0.25) is 0 Å². The average Bonchev–Trinajstić information content (AvgIpc) is 2.83. The summed E-state index contributed by atoms with van der Waals surface area (Å²) in [5.74, 6) is 0.823. The predicted molar refractivity (Wildman–Crippen MR) is 72.0 cm³/mol. The number of rotatable bonds is 5. The molecule has 1 N–H and O–H groups in total. The SMILES string of the molecule is CCCNC(c1ccnc(C)c1)C1CCCC1. The van der Waals surface area contributed by atoms with Gasteiger partial charge >= 0.3 is 0 Å². The number of aryl methyl sites for hydroxylation is 1. The van der Waals surface area contributed by atoms with Gasteiger partial charge in [-0.25, -0.2) is 0 Å². The van der Waals surface area contributed by atoms with Crippen molar-refractivity contribution in [1.29, 1.82) is 0 Å². The zero-order chi connectivity index (χ0) is 12.1. The van der Waals surface area contributed by atoms with Gasteiger partial charge in [0.1, 0.15) is 0 Å². The largest absolute Gasteiger partial charge is 0.310 e. The van der Waals surface area contributed by atoms with E-state index in [0.717, 1.165) is 18.2 Å². The number of nitrogens with zero attached hydrogens (tertiary/aromatic N) is 1. The van der Waals surface area contributed by atoms with Gasteiger partial charge in [-0.1, -0.05) is 19.8 Å². The lowest BCUT2D eigenvalue weighted by Crippen LogP contribution is -2.28. The Labute approximate surface area is 105 Å². The summed E-state index contributed by atoms with van der Waals surface area (Å²) in [5, 5.41) is 3.73. The minimum Gasteiger partial charge on any atom is -0.310 e. The Balaban J connectivity index is 2.13. The molecule has 0 saturated heterocycles. The Kier molecular flexibility index (Phi) is 4.55. The van der Waals surface area contributed by atoms with Crippen molar-refractivity contribution >= 4 is 0 Å². The second-order valence-corrected chi connectivity index (χ2v) is 5.21. The third-order valence-electron chi connectivity index (χ3n) is 3.77. The molecule has 0 aromatic carbocycles. The van der Waals surface area contributed by atoms with Gasteiger partial charge in [-0.3, -0.25) is 4.98 Å². The van der Waals surface area contributed by atoms with Crippen LogP contribution in [0.5, 0.6) is 0 Å². The van der Waals surface area contributed by atoms with E-state index in [1.165, 1.54) is 37.7 Å². The highest BCUT2D eigenvalue weighted by Crippen LogP contribution is 2.35. The summed E-state index contributed by atoms with van der Waals surface area (Å²) in [5.41, 5.74) is 2.56. The van der Waals surface area contributed by atoms with Crippen molar-refractivity contribution in [3.05, 3.63) is 29.6 Å². The molecule has 94 valence electrons. The van der Waals surface area contributed by atoms with Gasteiger partial charge in [-0.2, -0.15) is 0 Å². The van der Waals surface area contributed by atoms with E-state index in [-0.39, 0.29) is 0 Å². The van der Waals surface area contributed by atoms with Crippen molar-refractivity contribution in [1.82, 2.24) is 10.3 Å². The maximum absolute atomic E-state index is 4.30. The Morgan fingerprint density at radius 3 is 2.82 bits per heavy atom. The number of hydrogen-bond donors (Lipinski definition) is 1. The second kappa shape index (κ2) is 6.15. The summed E-state index contributed by atoms with van der Waals surface area (Å²) in [6.45, 7) is 5.42. The summed E-state index contributed by atoms with van der Waals surface area (Å²) in [6.07, 6.45) is 8.71. The molecule has 1 aromatic rings. The van der Waals surface area contributed by atoms with Crippen molar-refractivity contribution < 1.29 is 0 Å². The van der Waals surface area contributed by atoms with E-state index in [1.807, 2.05) is 6.20 Å². The second-order valence-electron chi connectivity index (χ2n) is 5.21. The fourth-order valence-electron chi connectivity index (χ4n) is 2.91. The van der Waals surface area contributed by atoms with Gasteiger partial charge in [0.15, 0.2) is 0 Å². The van der Waals surface area contributed by atoms with Crippen LogP contribution in [-0.2, 0) is 0 Å². The Morgan fingerprint density at radius 2 is 2.18 bits per heavy atom. The first-order valence-corrected chi connectivity index (χ1v) is 6.97. The van der Waals surface area contributed by atoms with Crippen molar-refractivity contribution in [2.75, 3.05) is 6.54 Å². The number of nitrogens with one attached hydrogen (secondary N) is 1. The molecule has 1 fully saturated rings. The summed E-state index contributed by atoms with van der Waals surface area (Å²) < 4.78 is 0. The zero-order valence-corrected chi connectivity index (χ0v) is 11.1. The maximum atomic E-state index is 4.30. The number of aromatic nitrogens is 1. The van der Waals surface area contributed by atoms with E-state index in [9.17, 15) is 0 Å². The highest BCUT2D eigenvalue weighted by Gasteiger charge is 2.25. The molecule has 0 radical (unpaired) electrons. The van der Waals surface area contributed by atoms with Crippen molar-refractivity contribution in [3.8, 4) is 0 Å². The highest BCUT2D eigenvalue weighted by atomic mass is 14.9. The third kappa shape index (κ3) is 3.29. The molecule has 1 unspecified atom stereocenters. The first-order valence-electron chi connectivity index (χ1n) is 6.97. The number of hydrogen-bond acceptors (Lipinski definition) is 2. The predicted octanol–water partition coefficient (Wildman–Crippen LogP) is 3.62. The number of pyridine rings is 1. The van der Waals surface area contributed by atoms with E-state index in [4.69, 9.17) is 0 Å². The first kappa shape index (κ1) is 12.6. The molecule has 0 spiro atoms. The smallest absolute Gasteiger partial charge is 0.0375 e. The molecule has 2 rings (SSSR count). The minimum absolute atomic E-state index is 0.541. The van der Waals surface area contributed by atoms with Gasteiger partial charge in [-0.05, 0) is 56.3 Å². The monoisotopic (exact) mass is 232 g/mol. The molecule has 1 aliphatic rings. The van der Waals surface area contributed by atoms with Crippen LogP contribution >= 0.6 is 0 Å².